The number of pyridine rings is 1. The van der Waals surface area contributed by atoms with Crippen LogP contribution in [0.3, 0.4) is 0 Å². The summed E-state index contributed by atoms with van der Waals surface area (Å²) in [7, 11) is -4.03. The Balaban J connectivity index is 1.13. The predicted molar refractivity (Wildman–Crippen MR) is 206 cm³/mol. The highest BCUT2D eigenvalue weighted by Crippen LogP contribution is 2.57. The second kappa shape index (κ2) is 15.1. The predicted octanol–water partition coefficient (Wildman–Crippen LogP) is 5.75. The highest BCUT2D eigenvalue weighted by atomic mass is 32.2. The van der Waals surface area contributed by atoms with Crippen LogP contribution in [0.25, 0.3) is 21.7 Å². The standard InChI is InChI=1S/C41H43F3N6O7S/c1-40(17-18-40)58(55,56)48-38(54)41-21-24(41)10-5-3-2-4-6-15-31(45-35(52)30-16-19-50(47-30)39(43)44)37(53)49-23-25(20-32(49)33(51)22-41)57-36-34-27(12-9-13-28(34)42)26-11-7-8-14-29(26)46-36/h5,7-14,16,19,24-25,31-32,39H,2-4,6,15,17-18,20-23H2,1H3,(H,45,52)(H,48,54)/b10-5-/t24-,25-,31+,32+,41-/m1/s1. The smallest absolute Gasteiger partial charge is 0.333 e. The van der Waals surface area contributed by atoms with Crippen molar-refractivity contribution in [3.8, 4) is 5.88 Å². The van der Waals surface area contributed by atoms with E-state index in [4.69, 9.17) is 4.74 Å². The van der Waals surface area contributed by atoms with Gasteiger partial charge in [-0.1, -0.05) is 55.3 Å². The Morgan fingerprint density at radius 3 is 2.55 bits per heavy atom. The minimum absolute atomic E-state index is 0.0408. The number of benzene rings is 2. The fourth-order valence-corrected chi connectivity index (χ4v) is 9.59. The molecule has 0 radical (unpaired) electrons. The number of fused-ring (bicyclic) bond motifs is 5. The van der Waals surface area contributed by atoms with Crippen LogP contribution in [0.2, 0.25) is 0 Å². The molecular weight excluding hydrogens is 778 g/mol. The fraction of sp³-hybridized carbons (Fsp3) is 0.463. The van der Waals surface area contributed by atoms with Crippen molar-refractivity contribution in [1.82, 2.24) is 29.7 Å². The number of amides is 3. The van der Waals surface area contributed by atoms with Crippen LogP contribution in [0.15, 0.2) is 66.9 Å². The number of para-hydroxylation sites is 1. The number of aromatic nitrogens is 3. The summed E-state index contributed by atoms with van der Waals surface area (Å²) in [6, 6.07) is 10.5. The summed E-state index contributed by atoms with van der Waals surface area (Å²) >= 11 is 0. The number of ketones is 1. The molecule has 3 fully saturated rings. The molecule has 2 N–H and O–H groups in total. The molecule has 8 rings (SSSR count). The lowest BCUT2D eigenvalue weighted by molar-refractivity contribution is -0.140. The zero-order chi connectivity index (χ0) is 41.0. The Morgan fingerprint density at radius 1 is 1.02 bits per heavy atom. The lowest BCUT2D eigenvalue weighted by Crippen LogP contribution is -2.52. The molecule has 2 aliphatic carbocycles. The average Bonchev–Trinajstić information content (AvgIpc) is 3.96. The molecule has 2 aliphatic heterocycles. The molecule has 1 saturated heterocycles. The van der Waals surface area contributed by atoms with Gasteiger partial charge in [0.1, 0.15) is 23.7 Å². The third-order valence-corrected chi connectivity index (χ3v) is 14.3. The van der Waals surface area contributed by atoms with E-state index in [1.54, 1.807) is 31.2 Å². The first-order valence-electron chi connectivity index (χ1n) is 19.5. The third kappa shape index (κ3) is 7.44. The molecule has 4 heterocycles. The van der Waals surface area contributed by atoms with E-state index in [2.05, 4.69) is 20.1 Å². The summed E-state index contributed by atoms with van der Waals surface area (Å²) in [4.78, 5) is 62.5. The van der Waals surface area contributed by atoms with Gasteiger partial charge in [-0.25, -0.2) is 22.5 Å². The maximum Gasteiger partial charge on any atom is 0.333 e. The lowest BCUT2D eigenvalue weighted by atomic mass is 9.91. The Morgan fingerprint density at radius 2 is 1.79 bits per heavy atom. The second-order valence-corrected chi connectivity index (χ2v) is 18.3. The van der Waals surface area contributed by atoms with Crippen LogP contribution in [0, 0.1) is 17.2 Å². The van der Waals surface area contributed by atoms with Crippen LogP contribution in [0.5, 0.6) is 5.88 Å². The number of ether oxygens (including phenoxy) is 1. The molecule has 4 aromatic rings. The summed E-state index contributed by atoms with van der Waals surface area (Å²) in [5.74, 6) is -3.84. The van der Waals surface area contributed by atoms with Gasteiger partial charge in [-0.3, -0.25) is 23.9 Å². The molecule has 0 unspecified atom stereocenters. The van der Waals surface area contributed by atoms with E-state index >= 15 is 4.39 Å². The molecule has 58 heavy (non-hydrogen) atoms. The number of nitrogens with one attached hydrogen (secondary N) is 2. The number of nitrogens with zero attached hydrogens (tertiary/aromatic N) is 4. The summed E-state index contributed by atoms with van der Waals surface area (Å²) in [6.07, 6.45) is 7.01. The SMILES string of the molecule is CC1(S(=O)(=O)NC(=O)[C@]23CC(=O)[C@@H]4C[C@@H](Oc5nc6ccccc6c6cccc(F)c56)CN4C(=O)[C@@H](NC(=O)c4ccn(C(F)F)n4)CCCCC/C=C\[C@@H]2C3)CC1. The minimum atomic E-state index is -4.03. The van der Waals surface area contributed by atoms with Crippen molar-refractivity contribution in [3.05, 3.63) is 78.4 Å². The molecule has 2 aromatic carbocycles. The number of halogens is 3. The van der Waals surface area contributed by atoms with E-state index in [1.165, 1.54) is 11.0 Å². The topological polar surface area (TPSA) is 170 Å². The third-order valence-electron chi connectivity index (χ3n) is 12.1. The molecule has 5 atom stereocenters. The first kappa shape index (κ1) is 39.5. The summed E-state index contributed by atoms with van der Waals surface area (Å²) < 4.78 is 76.5. The van der Waals surface area contributed by atoms with E-state index in [0.717, 1.165) is 12.3 Å². The van der Waals surface area contributed by atoms with Gasteiger partial charge in [0.15, 0.2) is 5.78 Å². The highest BCUT2D eigenvalue weighted by Gasteiger charge is 2.62. The molecule has 2 aromatic heterocycles. The first-order chi connectivity index (χ1) is 27.7. The van der Waals surface area contributed by atoms with Crippen LogP contribution >= 0.6 is 0 Å². The largest absolute Gasteiger partial charge is 0.472 e. The van der Waals surface area contributed by atoms with Gasteiger partial charge in [0.05, 0.1) is 33.7 Å². The van der Waals surface area contributed by atoms with Gasteiger partial charge >= 0.3 is 6.55 Å². The maximum absolute atomic E-state index is 15.5. The fourth-order valence-electron chi connectivity index (χ4n) is 8.26. The van der Waals surface area contributed by atoms with Crippen LogP contribution < -0.4 is 14.8 Å². The second-order valence-electron chi connectivity index (χ2n) is 16.1. The normalized spacial score (nSPS) is 26.7. The number of Topliss-reactive ketones (excluding diaryl/α,β-unsaturated/α-hetero) is 1. The number of allylic oxidation sites excluding steroid dienone is 2. The monoisotopic (exact) mass is 820 g/mol. The van der Waals surface area contributed by atoms with Crippen LogP contribution in [-0.2, 0) is 24.4 Å². The molecule has 17 heteroatoms. The zero-order valence-electron chi connectivity index (χ0n) is 31.7. The minimum Gasteiger partial charge on any atom is -0.472 e. The molecule has 0 bridgehead atoms. The van der Waals surface area contributed by atoms with Gasteiger partial charge in [-0.15, -0.1) is 0 Å². The maximum atomic E-state index is 15.5. The van der Waals surface area contributed by atoms with Gasteiger partial charge in [0, 0.05) is 24.4 Å². The highest BCUT2D eigenvalue weighted by molar-refractivity contribution is 7.91. The number of hydrogen-bond donors (Lipinski definition) is 2. The Labute approximate surface area is 332 Å². The summed E-state index contributed by atoms with van der Waals surface area (Å²) in [5, 5.41) is 7.65. The zero-order valence-corrected chi connectivity index (χ0v) is 32.5. The number of carbonyl (C=O) groups is 4. The molecule has 306 valence electrons. The van der Waals surface area contributed by atoms with Crippen molar-refractivity contribution < 1.29 is 45.5 Å². The molecular formula is C41H43F3N6O7S. The number of alkyl halides is 2. The van der Waals surface area contributed by atoms with Crippen molar-refractivity contribution in [2.45, 2.75) is 101 Å². The van der Waals surface area contributed by atoms with Crippen LogP contribution in [0.4, 0.5) is 13.2 Å². The van der Waals surface area contributed by atoms with Crippen molar-refractivity contribution in [2.24, 2.45) is 11.3 Å². The molecule has 0 spiro atoms. The Bertz CT molecular complexity index is 2450. The van der Waals surface area contributed by atoms with E-state index in [9.17, 15) is 36.4 Å². The van der Waals surface area contributed by atoms with E-state index in [-0.39, 0.29) is 49.2 Å². The number of rotatable bonds is 8. The van der Waals surface area contributed by atoms with Crippen LogP contribution in [0.1, 0.15) is 88.2 Å². The number of carbonyl (C=O) groups excluding carboxylic acids is 4. The van der Waals surface area contributed by atoms with Crippen molar-refractivity contribution in [3.63, 3.8) is 0 Å². The Hall–Kier alpha value is -5.32. The first-order valence-corrected chi connectivity index (χ1v) is 21.0. The molecule has 3 amide bonds. The van der Waals surface area contributed by atoms with Gasteiger partial charge in [-0.2, -0.15) is 13.9 Å². The summed E-state index contributed by atoms with van der Waals surface area (Å²) in [6.45, 7) is -1.60. The summed E-state index contributed by atoms with van der Waals surface area (Å²) in [5.41, 5.74) is -1.18. The van der Waals surface area contributed by atoms with Crippen LogP contribution in [-0.4, -0.2) is 81.1 Å². The van der Waals surface area contributed by atoms with E-state index < -0.39 is 80.2 Å². The molecule has 13 nitrogen and oxygen atoms in total. The molecule has 4 aliphatic rings. The average molecular weight is 821 g/mol. The van der Waals surface area contributed by atoms with Crippen molar-refractivity contribution >= 4 is 55.2 Å². The Kier molecular flexibility index (Phi) is 10.3. The van der Waals surface area contributed by atoms with E-state index in [0.29, 0.717) is 59.5 Å². The number of sulfonamides is 1. The van der Waals surface area contributed by atoms with E-state index in [1.807, 2.05) is 24.3 Å². The van der Waals surface area contributed by atoms with Gasteiger partial charge in [-0.05, 0) is 75.0 Å². The van der Waals surface area contributed by atoms with Gasteiger partial charge in [0.2, 0.25) is 27.7 Å². The van der Waals surface area contributed by atoms with Crippen molar-refractivity contribution in [1.29, 1.82) is 0 Å². The quantitative estimate of drug-likeness (QED) is 0.166. The molecule has 2 saturated carbocycles. The lowest BCUT2D eigenvalue weighted by Gasteiger charge is -2.29. The van der Waals surface area contributed by atoms with Gasteiger partial charge < -0.3 is 15.0 Å². The number of hydrogen-bond acceptors (Lipinski definition) is 9. The van der Waals surface area contributed by atoms with Crippen molar-refractivity contribution in [2.75, 3.05) is 6.54 Å². The van der Waals surface area contributed by atoms with Gasteiger partial charge in [0.25, 0.3) is 5.91 Å².